The zero-order valence-electron chi connectivity index (χ0n) is 15.0. The third-order valence-electron chi connectivity index (χ3n) is 3.99. The molecule has 1 aliphatic rings. The van der Waals surface area contributed by atoms with Gasteiger partial charge in [-0.15, -0.1) is 0 Å². The Balaban J connectivity index is 1.88. The van der Waals surface area contributed by atoms with Gasteiger partial charge in [-0.3, -0.25) is 4.99 Å². The molecular formula is C18H27FN4O2. The van der Waals surface area contributed by atoms with Crippen LogP contribution in [0.4, 0.5) is 9.18 Å². The van der Waals surface area contributed by atoms with Gasteiger partial charge in [0.2, 0.25) is 0 Å². The number of benzene rings is 1. The lowest BCUT2D eigenvalue weighted by Crippen LogP contribution is -2.54. The number of ether oxygens (including phenoxy) is 1. The standard InChI is InChI=1S/C18H27FN4O2/c1-3-20-17(21-9-8-15-6-5-7-16(19)14-15)22-10-12-23(13-11-22)18(24)25-4-2/h5-7,14H,3-4,8-13H2,1-2H3,(H,20,21). The second kappa shape index (κ2) is 9.86. The lowest BCUT2D eigenvalue weighted by molar-refractivity contribution is 0.0914. The average molecular weight is 350 g/mol. The van der Waals surface area contributed by atoms with Gasteiger partial charge in [0.05, 0.1) is 6.61 Å². The fourth-order valence-electron chi connectivity index (χ4n) is 2.72. The van der Waals surface area contributed by atoms with Crippen molar-refractivity contribution in [3.05, 3.63) is 35.6 Å². The molecule has 7 heteroatoms. The third kappa shape index (κ3) is 5.92. The summed E-state index contributed by atoms with van der Waals surface area (Å²) in [4.78, 5) is 20.3. The highest BCUT2D eigenvalue weighted by Gasteiger charge is 2.23. The fourth-order valence-corrected chi connectivity index (χ4v) is 2.72. The molecule has 1 aliphatic heterocycles. The van der Waals surface area contributed by atoms with Gasteiger partial charge in [0.1, 0.15) is 5.82 Å². The molecule has 0 aromatic heterocycles. The minimum atomic E-state index is -0.254. The minimum absolute atomic E-state index is 0.219. The predicted octanol–water partition coefficient (Wildman–Crippen LogP) is 2.11. The first-order valence-corrected chi connectivity index (χ1v) is 8.83. The van der Waals surface area contributed by atoms with Gasteiger partial charge in [0.25, 0.3) is 0 Å². The number of carbonyl (C=O) groups is 1. The Hall–Kier alpha value is -2.31. The van der Waals surface area contributed by atoms with Crippen molar-refractivity contribution in [3.8, 4) is 0 Å². The molecule has 2 rings (SSSR count). The summed E-state index contributed by atoms with van der Waals surface area (Å²) >= 11 is 0. The Morgan fingerprint density at radius 3 is 2.60 bits per heavy atom. The molecular weight excluding hydrogens is 323 g/mol. The minimum Gasteiger partial charge on any atom is -0.450 e. The number of nitrogens with zero attached hydrogens (tertiary/aromatic N) is 3. The quantitative estimate of drug-likeness (QED) is 0.653. The molecule has 1 amide bonds. The number of nitrogens with one attached hydrogen (secondary N) is 1. The van der Waals surface area contributed by atoms with Crippen LogP contribution >= 0.6 is 0 Å². The number of guanidine groups is 1. The second-order valence-corrected chi connectivity index (χ2v) is 5.79. The highest BCUT2D eigenvalue weighted by molar-refractivity contribution is 5.80. The SMILES string of the molecule is CCNC(=NCCc1cccc(F)c1)N1CCN(C(=O)OCC)CC1. The van der Waals surface area contributed by atoms with Crippen molar-refractivity contribution in [2.75, 3.05) is 45.9 Å². The van der Waals surface area contributed by atoms with Crippen LogP contribution in [0.3, 0.4) is 0 Å². The van der Waals surface area contributed by atoms with E-state index in [1.807, 2.05) is 19.9 Å². The van der Waals surface area contributed by atoms with Crippen molar-refractivity contribution in [2.45, 2.75) is 20.3 Å². The first-order valence-electron chi connectivity index (χ1n) is 8.83. The topological polar surface area (TPSA) is 57.2 Å². The van der Waals surface area contributed by atoms with Crippen LogP contribution < -0.4 is 5.32 Å². The molecule has 0 bridgehead atoms. The number of amides is 1. The zero-order chi connectivity index (χ0) is 18.1. The van der Waals surface area contributed by atoms with Gasteiger partial charge in [-0.05, 0) is 38.0 Å². The van der Waals surface area contributed by atoms with E-state index in [9.17, 15) is 9.18 Å². The number of rotatable bonds is 5. The van der Waals surface area contributed by atoms with Crippen molar-refractivity contribution in [1.29, 1.82) is 0 Å². The van der Waals surface area contributed by atoms with Crippen molar-refractivity contribution >= 4 is 12.1 Å². The largest absolute Gasteiger partial charge is 0.450 e. The summed E-state index contributed by atoms with van der Waals surface area (Å²) in [5.41, 5.74) is 0.937. The summed E-state index contributed by atoms with van der Waals surface area (Å²) in [7, 11) is 0. The van der Waals surface area contributed by atoms with Gasteiger partial charge in [-0.25, -0.2) is 9.18 Å². The molecule has 0 saturated carbocycles. The van der Waals surface area contributed by atoms with E-state index in [1.165, 1.54) is 6.07 Å². The van der Waals surface area contributed by atoms with Gasteiger partial charge in [-0.2, -0.15) is 0 Å². The number of hydrogen-bond acceptors (Lipinski definition) is 3. The molecule has 1 heterocycles. The van der Waals surface area contributed by atoms with Gasteiger partial charge >= 0.3 is 6.09 Å². The smallest absolute Gasteiger partial charge is 0.409 e. The molecule has 1 aromatic carbocycles. The van der Waals surface area contributed by atoms with Gasteiger partial charge in [-0.1, -0.05) is 12.1 Å². The highest BCUT2D eigenvalue weighted by atomic mass is 19.1. The van der Waals surface area contributed by atoms with E-state index in [0.717, 1.165) is 18.1 Å². The zero-order valence-corrected chi connectivity index (χ0v) is 15.0. The molecule has 0 spiro atoms. The van der Waals surface area contributed by atoms with E-state index in [1.54, 1.807) is 17.0 Å². The summed E-state index contributed by atoms with van der Waals surface area (Å²) in [6, 6.07) is 6.61. The van der Waals surface area contributed by atoms with Crippen LogP contribution in [0.15, 0.2) is 29.3 Å². The number of carbonyl (C=O) groups excluding carboxylic acids is 1. The van der Waals surface area contributed by atoms with Crippen LogP contribution in [0.1, 0.15) is 19.4 Å². The summed E-state index contributed by atoms with van der Waals surface area (Å²) < 4.78 is 18.3. The van der Waals surface area contributed by atoms with Crippen molar-refractivity contribution in [2.24, 2.45) is 4.99 Å². The van der Waals surface area contributed by atoms with Crippen molar-refractivity contribution in [3.63, 3.8) is 0 Å². The molecule has 0 radical (unpaired) electrons. The van der Waals surface area contributed by atoms with Crippen LogP contribution in [0.2, 0.25) is 0 Å². The molecule has 0 atom stereocenters. The maximum atomic E-state index is 13.2. The monoisotopic (exact) mass is 350 g/mol. The number of aliphatic imine (C=N–C) groups is 1. The normalized spacial score (nSPS) is 15.2. The van der Waals surface area contributed by atoms with E-state index in [-0.39, 0.29) is 11.9 Å². The van der Waals surface area contributed by atoms with E-state index in [4.69, 9.17) is 4.74 Å². The molecule has 0 unspecified atom stereocenters. The molecule has 1 saturated heterocycles. The summed E-state index contributed by atoms with van der Waals surface area (Å²) in [6.45, 7) is 8.25. The van der Waals surface area contributed by atoms with Crippen molar-refractivity contribution in [1.82, 2.24) is 15.1 Å². The Bertz CT molecular complexity index is 586. The first-order chi connectivity index (χ1) is 12.1. The van der Waals surface area contributed by atoms with Crippen LogP contribution in [0.5, 0.6) is 0 Å². The van der Waals surface area contributed by atoms with Crippen molar-refractivity contribution < 1.29 is 13.9 Å². The lowest BCUT2D eigenvalue weighted by Gasteiger charge is -2.35. The van der Waals surface area contributed by atoms with Crippen LogP contribution in [0, 0.1) is 5.82 Å². The number of piperazine rings is 1. The van der Waals surface area contributed by atoms with Crippen LogP contribution in [-0.4, -0.2) is 67.7 Å². The maximum Gasteiger partial charge on any atom is 0.409 e. The number of halogens is 1. The predicted molar refractivity (Wildman–Crippen MR) is 96.3 cm³/mol. The van der Waals surface area contributed by atoms with E-state index in [0.29, 0.717) is 45.8 Å². The fraction of sp³-hybridized carbons (Fsp3) is 0.556. The molecule has 1 fully saturated rings. The van der Waals surface area contributed by atoms with E-state index >= 15 is 0 Å². The molecule has 0 aliphatic carbocycles. The van der Waals surface area contributed by atoms with Gasteiger partial charge in [0, 0.05) is 39.3 Å². The summed E-state index contributed by atoms with van der Waals surface area (Å²) in [5, 5.41) is 3.29. The van der Waals surface area contributed by atoms with Gasteiger partial charge < -0.3 is 19.9 Å². The molecule has 1 aromatic rings. The lowest BCUT2D eigenvalue weighted by atomic mass is 10.1. The van der Waals surface area contributed by atoms with E-state index < -0.39 is 0 Å². The first kappa shape index (κ1) is 19.0. The average Bonchev–Trinajstić information content (AvgIpc) is 2.61. The second-order valence-electron chi connectivity index (χ2n) is 5.79. The Labute approximate surface area is 148 Å². The number of hydrogen-bond donors (Lipinski definition) is 1. The van der Waals surface area contributed by atoms with E-state index in [2.05, 4.69) is 15.2 Å². The Morgan fingerprint density at radius 2 is 1.96 bits per heavy atom. The van der Waals surface area contributed by atoms with Crippen LogP contribution in [0.25, 0.3) is 0 Å². The molecule has 138 valence electrons. The molecule has 25 heavy (non-hydrogen) atoms. The highest BCUT2D eigenvalue weighted by Crippen LogP contribution is 2.06. The van der Waals surface area contributed by atoms with Gasteiger partial charge in [0.15, 0.2) is 5.96 Å². The maximum absolute atomic E-state index is 13.2. The summed E-state index contributed by atoms with van der Waals surface area (Å²) in [6.07, 6.45) is 0.435. The Morgan fingerprint density at radius 1 is 1.24 bits per heavy atom. The molecule has 6 nitrogen and oxygen atoms in total. The summed E-state index contributed by atoms with van der Waals surface area (Å²) in [5.74, 6) is 0.617. The Kier molecular flexibility index (Phi) is 7.50. The van der Waals surface area contributed by atoms with Crippen LogP contribution in [-0.2, 0) is 11.2 Å². The third-order valence-corrected chi connectivity index (χ3v) is 3.99. The molecule has 1 N–H and O–H groups in total.